The maximum Gasteiger partial charge on any atom is 0.250 e. The van der Waals surface area contributed by atoms with E-state index in [0.29, 0.717) is 34.9 Å². The molecule has 31 heavy (non-hydrogen) atoms. The number of halogens is 1. The molecule has 0 aliphatic heterocycles. The number of nitrogens with zero attached hydrogens (tertiary/aromatic N) is 3. The highest BCUT2D eigenvalue weighted by atomic mass is 35.5. The standard InChI is InChI=1S/C22H21ClN4O3S/c1-2-29-20-12-17(6-9-19(20)30-14-16-4-7-18(23)8-5-16)13-26-27-21(28)15-31-22-24-10-3-11-25-22/h3-13H,2,14-15H2,1H3,(H,27,28)/b26-13+. The summed E-state index contributed by atoms with van der Waals surface area (Å²) in [6, 6.07) is 14.6. The van der Waals surface area contributed by atoms with Gasteiger partial charge in [-0.25, -0.2) is 15.4 Å². The Kier molecular flexibility index (Phi) is 8.69. The molecule has 0 bridgehead atoms. The second-order valence-electron chi connectivity index (χ2n) is 6.17. The summed E-state index contributed by atoms with van der Waals surface area (Å²) in [4.78, 5) is 20.0. The van der Waals surface area contributed by atoms with Crippen molar-refractivity contribution in [1.29, 1.82) is 0 Å². The third kappa shape index (κ3) is 7.58. The van der Waals surface area contributed by atoms with Crippen LogP contribution in [-0.4, -0.2) is 34.4 Å². The number of ether oxygens (including phenoxy) is 2. The van der Waals surface area contributed by atoms with E-state index >= 15 is 0 Å². The normalized spacial score (nSPS) is 10.8. The molecule has 0 atom stereocenters. The monoisotopic (exact) mass is 456 g/mol. The first-order valence-electron chi connectivity index (χ1n) is 9.50. The van der Waals surface area contributed by atoms with Crippen molar-refractivity contribution in [1.82, 2.24) is 15.4 Å². The SMILES string of the molecule is CCOc1cc(/C=N/NC(=O)CSc2ncccn2)ccc1OCc1ccc(Cl)cc1. The topological polar surface area (TPSA) is 85.7 Å². The Hall–Kier alpha value is -3.10. The number of hydrazone groups is 1. The number of hydrogen-bond donors (Lipinski definition) is 1. The molecule has 0 radical (unpaired) electrons. The van der Waals surface area contributed by atoms with Gasteiger partial charge in [0.15, 0.2) is 16.7 Å². The highest BCUT2D eigenvalue weighted by molar-refractivity contribution is 7.99. The number of rotatable bonds is 10. The lowest BCUT2D eigenvalue weighted by Gasteiger charge is -2.12. The molecule has 1 aromatic heterocycles. The first-order valence-corrected chi connectivity index (χ1v) is 10.9. The second-order valence-corrected chi connectivity index (χ2v) is 7.55. The number of amides is 1. The average molecular weight is 457 g/mol. The van der Waals surface area contributed by atoms with Crippen LogP contribution in [0.15, 0.2) is 71.2 Å². The van der Waals surface area contributed by atoms with Crippen LogP contribution in [0.1, 0.15) is 18.1 Å². The van der Waals surface area contributed by atoms with Crippen molar-refractivity contribution in [3.63, 3.8) is 0 Å². The van der Waals surface area contributed by atoms with Crippen LogP contribution in [0.2, 0.25) is 5.02 Å². The lowest BCUT2D eigenvalue weighted by atomic mass is 10.2. The molecular weight excluding hydrogens is 436 g/mol. The van der Waals surface area contributed by atoms with Crippen molar-refractivity contribution >= 4 is 35.5 Å². The summed E-state index contributed by atoms with van der Waals surface area (Å²) >= 11 is 7.15. The fourth-order valence-corrected chi connectivity index (χ4v) is 3.16. The van der Waals surface area contributed by atoms with Crippen LogP contribution in [0.4, 0.5) is 0 Å². The van der Waals surface area contributed by atoms with Crippen LogP contribution >= 0.6 is 23.4 Å². The van der Waals surface area contributed by atoms with Gasteiger partial charge in [-0.1, -0.05) is 35.5 Å². The number of thioether (sulfide) groups is 1. The van der Waals surface area contributed by atoms with E-state index in [2.05, 4.69) is 20.5 Å². The van der Waals surface area contributed by atoms with Gasteiger partial charge in [0.2, 0.25) is 0 Å². The van der Waals surface area contributed by atoms with Crippen molar-refractivity contribution in [2.45, 2.75) is 18.7 Å². The Balaban J connectivity index is 1.55. The third-order valence-corrected chi connectivity index (χ3v) is 4.98. The summed E-state index contributed by atoms with van der Waals surface area (Å²) < 4.78 is 11.6. The lowest BCUT2D eigenvalue weighted by Crippen LogP contribution is -2.19. The molecule has 0 unspecified atom stereocenters. The van der Waals surface area contributed by atoms with Crippen molar-refractivity contribution in [3.8, 4) is 11.5 Å². The van der Waals surface area contributed by atoms with Gasteiger partial charge in [0, 0.05) is 17.4 Å². The number of aromatic nitrogens is 2. The quantitative estimate of drug-likeness (QED) is 0.211. The van der Waals surface area contributed by atoms with Crippen molar-refractivity contribution in [3.05, 3.63) is 77.1 Å². The summed E-state index contributed by atoms with van der Waals surface area (Å²) in [5.41, 5.74) is 4.25. The smallest absolute Gasteiger partial charge is 0.250 e. The van der Waals surface area contributed by atoms with Crippen LogP contribution in [0.3, 0.4) is 0 Å². The molecule has 1 heterocycles. The molecule has 0 saturated carbocycles. The van der Waals surface area contributed by atoms with E-state index in [1.165, 1.54) is 11.8 Å². The fraction of sp³-hybridized carbons (Fsp3) is 0.182. The Labute approximate surface area is 189 Å². The van der Waals surface area contributed by atoms with E-state index in [4.69, 9.17) is 21.1 Å². The summed E-state index contributed by atoms with van der Waals surface area (Å²) in [6.45, 7) is 2.79. The van der Waals surface area contributed by atoms with Gasteiger partial charge in [0.1, 0.15) is 6.61 Å². The highest BCUT2D eigenvalue weighted by Crippen LogP contribution is 2.29. The predicted molar refractivity (Wildman–Crippen MR) is 122 cm³/mol. The third-order valence-electron chi connectivity index (χ3n) is 3.85. The van der Waals surface area contributed by atoms with Crippen LogP contribution in [0, 0.1) is 0 Å². The van der Waals surface area contributed by atoms with Crippen LogP contribution in [0.5, 0.6) is 11.5 Å². The van der Waals surface area contributed by atoms with E-state index in [9.17, 15) is 4.79 Å². The second kappa shape index (κ2) is 11.9. The Morgan fingerprint density at radius 3 is 2.65 bits per heavy atom. The van der Waals surface area contributed by atoms with Gasteiger partial charge in [-0.2, -0.15) is 5.10 Å². The Morgan fingerprint density at radius 2 is 1.90 bits per heavy atom. The molecule has 1 amide bonds. The van der Waals surface area contributed by atoms with Gasteiger partial charge in [-0.05, 0) is 54.4 Å². The van der Waals surface area contributed by atoms with E-state index < -0.39 is 0 Å². The van der Waals surface area contributed by atoms with Gasteiger partial charge in [0.05, 0.1) is 18.6 Å². The van der Waals surface area contributed by atoms with Gasteiger partial charge in [-0.3, -0.25) is 4.79 Å². The molecule has 0 aliphatic carbocycles. The average Bonchev–Trinajstić information content (AvgIpc) is 2.79. The number of carbonyl (C=O) groups is 1. The minimum Gasteiger partial charge on any atom is -0.490 e. The lowest BCUT2D eigenvalue weighted by molar-refractivity contribution is -0.118. The molecule has 9 heteroatoms. The minimum atomic E-state index is -0.248. The van der Waals surface area contributed by atoms with Crippen molar-refractivity contribution in [2.24, 2.45) is 5.10 Å². The van der Waals surface area contributed by atoms with Crippen molar-refractivity contribution < 1.29 is 14.3 Å². The van der Waals surface area contributed by atoms with Gasteiger partial charge >= 0.3 is 0 Å². The summed E-state index contributed by atoms with van der Waals surface area (Å²) in [7, 11) is 0. The first-order chi connectivity index (χ1) is 15.1. The summed E-state index contributed by atoms with van der Waals surface area (Å²) in [5, 5.41) is 5.22. The number of hydrogen-bond acceptors (Lipinski definition) is 7. The van der Waals surface area contributed by atoms with Crippen molar-refractivity contribution in [2.75, 3.05) is 12.4 Å². The van der Waals surface area contributed by atoms with Crippen LogP contribution in [-0.2, 0) is 11.4 Å². The zero-order chi connectivity index (χ0) is 21.9. The summed E-state index contributed by atoms with van der Waals surface area (Å²) in [6.07, 6.45) is 4.81. The van der Waals surface area contributed by atoms with E-state index in [0.717, 1.165) is 11.1 Å². The molecule has 0 fully saturated rings. The highest BCUT2D eigenvalue weighted by Gasteiger charge is 2.07. The van der Waals surface area contributed by atoms with Gasteiger partial charge in [-0.15, -0.1) is 0 Å². The van der Waals surface area contributed by atoms with Crippen LogP contribution < -0.4 is 14.9 Å². The molecule has 1 N–H and O–H groups in total. The fourth-order valence-electron chi connectivity index (χ4n) is 2.44. The maximum absolute atomic E-state index is 11.9. The largest absolute Gasteiger partial charge is 0.490 e. The molecule has 2 aromatic carbocycles. The molecule has 160 valence electrons. The first kappa shape index (κ1) is 22.6. The zero-order valence-corrected chi connectivity index (χ0v) is 18.4. The summed E-state index contributed by atoms with van der Waals surface area (Å²) in [5.74, 6) is 1.14. The predicted octanol–water partition coefficient (Wildman–Crippen LogP) is 4.35. The zero-order valence-electron chi connectivity index (χ0n) is 16.8. The number of benzene rings is 2. The molecular formula is C22H21ClN4O3S. The molecule has 0 aliphatic rings. The number of nitrogens with one attached hydrogen (secondary N) is 1. The maximum atomic E-state index is 11.9. The van der Waals surface area contributed by atoms with E-state index in [1.54, 1.807) is 24.7 Å². The molecule has 3 aromatic rings. The van der Waals surface area contributed by atoms with Gasteiger partial charge in [0.25, 0.3) is 5.91 Å². The van der Waals surface area contributed by atoms with Crippen LogP contribution in [0.25, 0.3) is 0 Å². The molecule has 0 saturated heterocycles. The Bertz CT molecular complexity index is 1020. The molecule has 3 rings (SSSR count). The number of carbonyl (C=O) groups excluding carboxylic acids is 1. The van der Waals surface area contributed by atoms with E-state index in [1.807, 2.05) is 49.4 Å². The Morgan fingerprint density at radius 1 is 1.13 bits per heavy atom. The minimum absolute atomic E-state index is 0.170. The molecule has 7 nitrogen and oxygen atoms in total. The van der Waals surface area contributed by atoms with Gasteiger partial charge < -0.3 is 9.47 Å². The van der Waals surface area contributed by atoms with E-state index in [-0.39, 0.29) is 11.7 Å². The molecule has 0 spiro atoms.